The maximum Gasteiger partial charge on any atom is 0.193 e. The van der Waals surface area contributed by atoms with Crippen molar-refractivity contribution in [2.24, 2.45) is 7.05 Å². The van der Waals surface area contributed by atoms with Crippen LogP contribution in [0.25, 0.3) is 0 Å². The van der Waals surface area contributed by atoms with Crippen molar-refractivity contribution in [3.63, 3.8) is 0 Å². The van der Waals surface area contributed by atoms with Gasteiger partial charge in [-0.25, -0.2) is 0 Å². The Morgan fingerprint density at radius 1 is 1.31 bits per heavy atom. The highest BCUT2D eigenvalue weighted by atomic mass is 16.5. The van der Waals surface area contributed by atoms with Gasteiger partial charge in [-0.05, 0) is 12.5 Å². The molecule has 0 aliphatic carbocycles. The normalized spacial score (nSPS) is 10.4. The van der Waals surface area contributed by atoms with Crippen LogP contribution in [0.4, 0.5) is 0 Å². The van der Waals surface area contributed by atoms with Crippen LogP contribution in [0.3, 0.4) is 0 Å². The minimum Gasteiger partial charge on any atom is -0.476 e. The summed E-state index contributed by atoms with van der Waals surface area (Å²) in [5.41, 5.74) is 1.28. The average Bonchev–Trinajstić information content (AvgIpc) is 2.48. The van der Waals surface area contributed by atoms with Crippen molar-refractivity contribution in [3.8, 4) is 5.88 Å². The van der Waals surface area contributed by atoms with Crippen molar-refractivity contribution in [1.29, 1.82) is 0 Å². The molecule has 74 valence electrons. The van der Waals surface area contributed by atoms with Crippen molar-refractivity contribution < 1.29 is 9.47 Å². The van der Waals surface area contributed by atoms with E-state index in [1.165, 1.54) is 5.69 Å². The van der Waals surface area contributed by atoms with Crippen molar-refractivity contribution in [3.05, 3.63) is 17.8 Å². The SMILES string of the molecule is CCc1ccc(OCCOC)n1C. The van der Waals surface area contributed by atoms with Crippen LogP contribution < -0.4 is 4.74 Å². The largest absolute Gasteiger partial charge is 0.476 e. The first-order valence-electron chi connectivity index (χ1n) is 4.56. The highest BCUT2D eigenvalue weighted by Gasteiger charge is 2.02. The van der Waals surface area contributed by atoms with Crippen LogP contribution in [-0.4, -0.2) is 24.9 Å². The number of nitrogens with zero attached hydrogens (tertiary/aromatic N) is 1. The number of methoxy groups -OCH3 is 1. The molecule has 0 saturated carbocycles. The predicted octanol–water partition coefficient (Wildman–Crippen LogP) is 1.61. The molecule has 0 aliphatic heterocycles. The second-order valence-corrected chi connectivity index (χ2v) is 2.92. The lowest BCUT2D eigenvalue weighted by Gasteiger charge is -2.07. The summed E-state index contributed by atoms with van der Waals surface area (Å²) in [5, 5.41) is 0. The molecule has 0 N–H and O–H groups in total. The molecular weight excluding hydrogens is 166 g/mol. The number of hydrogen-bond donors (Lipinski definition) is 0. The van der Waals surface area contributed by atoms with E-state index in [1.807, 2.05) is 13.1 Å². The predicted molar refractivity (Wildman–Crippen MR) is 52.2 cm³/mol. The third-order valence-electron chi connectivity index (χ3n) is 2.08. The zero-order valence-electron chi connectivity index (χ0n) is 8.54. The molecule has 0 aliphatic rings. The van der Waals surface area contributed by atoms with Crippen molar-refractivity contribution >= 4 is 0 Å². The summed E-state index contributed by atoms with van der Waals surface area (Å²) >= 11 is 0. The molecule has 1 aromatic rings. The molecule has 3 nitrogen and oxygen atoms in total. The Balaban J connectivity index is 2.51. The first kappa shape index (κ1) is 10.1. The minimum absolute atomic E-state index is 0.609. The van der Waals surface area contributed by atoms with E-state index in [1.54, 1.807) is 7.11 Å². The summed E-state index contributed by atoms with van der Waals surface area (Å²) in [6.45, 7) is 3.37. The topological polar surface area (TPSA) is 23.4 Å². The summed E-state index contributed by atoms with van der Waals surface area (Å²) in [7, 11) is 3.69. The lowest BCUT2D eigenvalue weighted by molar-refractivity contribution is 0.141. The lowest BCUT2D eigenvalue weighted by atomic mass is 10.3. The molecule has 1 rings (SSSR count). The zero-order valence-corrected chi connectivity index (χ0v) is 8.54. The Hall–Kier alpha value is -0.960. The van der Waals surface area contributed by atoms with Crippen molar-refractivity contribution in [2.45, 2.75) is 13.3 Å². The average molecular weight is 183 g/mol. The fourth-order valence-corrected chi connectivity index (χ4v) is 1.26. The van der Waals surface area contributed by atoms with Gasteiger partial charge in [-0.1, -0.05) is 6.92 Å². The lowest BCUT2D eigenvalue weighted by Crippen LogP contribution is -2.07. The van der Waals surface area contributed by atoms with Crippen LogP contribution >= 0.6 is 0 Å². The van der Waals surface area contributed by atoms with Gasteiger partial charge in [-0.2, -0.15) is 0 Å². The van der Waals surface area contributed by atoms with Gasteiger partial charge in [0.15, 0.2) is 5.88 Å². The molecule has 0 saturated heterocycles. The van der Waals surface area contributed by atoms with Gasteiger partial charge in [0, 0.05) is 25.9 Å². The van der Waals surface area contributed by atoms with Gasteiger partial charge in [-0.3, -0.25) is 0 Å². The van der Waals surface area contributed by atoms with E-state index in [0.717, 1.165) is 12.3 Å². The van der Waals surface area contributed by atoms with Crippen LogP contribution in [-0.2, 0) is 18.2 Å². The minimum atomic E-state index is 0.609. The molecule has 0 fully saturated rings. The van der Waals surface area contributed by atoms with Gasteiger partial charge >= 0.3 is 0 Å². The molecule has 0 bridgehead atoms. The second kappa shape index (κ2) is 4.92. The Labute approximate surface area is 79.3 Å². The number of hydrogen-bond acceptors (Lipinski definition) is 2. The number of aromatic nitrogens is 1. The molecule has 0 radical (unpaired) electrons. The van der Waals surface area contributed by atoms with E-state index in [-0.39, 0.29) is 0 Å². The highest BCUT2D eigenvalue weighted by Crippen LogP contribution is 2.15. The molecule has 3 heteroatoms. The summed E-state index contributed by atoms with van der Waals surface area (Å²) in [5.74, 6) is 0.911. The zero-order chi connectivity index (χ0) is 9.68. The molecule has 0 unspecified atom stereocenters. The summed E-state index contributed by atoms with van der Waals surface area (Å²) in [6, 6.07) is 4.08. The second-order valence-electron chi connectivity index (χ2n) is 2.92. The fraction of sp³-hybridized carbons (Fsp3) is 0.600. The Kier molecular flexibility index (Phi) is 3.83. The quantitative estimate of drug-likeness (QED) is 0.647. The highest BCUT2D eigenvalue weighted by molar-refractivity contribution is 5.20. The smallest absolute Gasteiger partial charge is 0.193 e. The van der Waals surface area contributed by atoms with Crippen LogP contribution in [0.15, 0.2) is 12.1 Å². The van der Waals surface area contributed by atoms with Gasteiger partial charge in [-0.15, -0.1) is 0 Å². The Morgan fingerprint density at radius 2 is 2.08 bits per heavy atom. The van der Waals surface area contributed by atoms with E-state index < -0.39 is 0 Å². The third kappa shape index (κ3) is 2.49. The molecule has 1 aromatic heterocycles. The molecule has 0 spiro atoms. The van der Waals surface area contributed by atoms with Gasteiger partial charge < -0.3 is 14.0 Å². The van der Waals surface area contributed by atoms with Crippen molar-refractivity contribution in [1.82, 2.24) is 4.57 Å². The van der Waals surface area contributed by atoms with Crippen molar-refractivity contribution in [2.75, 3.05) is 20.3 Å². The van der Waals surface area contributed by atoms with Crippen LogP contribution in [0.5, 0.6) is 5.88 Å². The first-order valence-corrected chi connectivity index (χ1v) is 4.56. The fourth-order valence-electron chi connectivity index (χ4n) is 1.26. The van der Waals surface area contributed by atoms with Gasteiger partial charge in [0.25, 0.3) is 0 Å². The number of ether oxygens (including phenoxy) is 2. The van der Waals surface area contributed by atoms with Gasteiger partial charge in [0.2, 0.25) is 0 Å². The van der Waals surface area contributed by atoms with E-state index in [0.29, 0.717) is 13.2 Å². The molecule has 0 amide bonds. The third-order valence-corrected chi connectivity index (χ3v) is 2.08. The summed E-state index contributed by atoms with van der Waals surface area (Å²) < 4.78 is 12.5. The Morgan fingerprint density at radius 3 is 2.62 bits per heavy atom. The van der Waals surface area contributed by atoms with E-state index in [2.05, 4.69) is 17.6 Å². The van der Waals surface area contributed by atoms with E-state index in [9.17, 15) is 0 Å². The van der Waals surface area contributed by atoms with E-state index >= 15 is 0 Å². The maximum atomic E-state index is 5.50. The summed E-state index contributed by atoms with van der Waals surface area (Å²) in [4.78, 5) is 0. The number of aryl methyl sites for hydroxylation is 1. The summed E-state index contributed by atoms with van der Waals surface area (Å²) in [6.07, 6.45) is 1.03. The monoisotopic (exact) mass is 183 g/mol. The molecular formula is C10H17NO2. The Bertz CT molecular complexity index is 255. The molecule has 1 heterocycles. The standard InChI is InChI=1S/C10H17NO2/c1-4-9-5-6-10(11(9)2)13-8-7-12-3/h5-6H,4,7-8H2,1-3H3. The molecule has 0 atom stereocenters. The van der Waals surface area contributed by atoms with Crippen LogP contribution in [0.2, 0.25) is 0 Å². The molecule has 13 heavy (non-hydrogen) atoms. The van der Waals surface area contributed by atoms with Crippen LogP contribution in [0.1, 0.15) is 12.6 Å². The van der Waals surface area contributed by atoms with Gasteiger partial charge in [0.05, 0.1) is 6.61 Å². The van der Waals surface area contributed by atoms with Crippen LogP contribution in [0, 0.1) is 0 Å². The first-order chi connectivity index (χ1) is 6.29. The maximum absolute atomic E-state index is 5.50. The van der Waals surface area contributed by atoms with Gasteiger partial charge in [0.1, 0.15) is 6.61 Å². The molecule has 0 aromatic carbocycles. The van der Waals surface area contributed by atoms with E-state index in [4.69, 9.17) is 9.47 Å². The number of rotatable bonds is 5.